The molecule has 2 aromatic rings. The van der Waals surface area contributed by atoms with E-state index < -0.39 is 0 Å². The Hall–Kier alpha value is -0.570. The van der Waals surface area contributed by atoms with Crippen LogP contribution in [0.5, 0.6) is 0 Å². The quantitative estimate of drug-likeness (QED) is 0.805. The van der Waals surface area contributed by atoms with Crippen LogP contribution in [0.25, 0.3) is 10.1 Å². The minimum Gasteiger partial charge on any atom is -0.326 e. The van der Waals surface area contributed by atoms with E-state index in [2.05, 4.69) is 26.8 Å². The average molecular weight is 254 g/mol. The first kappa shape index (κ1) is 11.9. The van der Waals surface area contributed by atoms with Crippen molar-refractivity contribution in [3.05, 3.63) is 33.7 Å². The molecule has 0 saturated carbocycles. The van der Waals surface area contributed by atoms with E-state index in [9.17, 15) is 0 Å². The molecule has 0 aliphatic rings. The highest BCUT2D eigenvalue weighted by Gasteiger charge is 2.22. The molecule has 0 bridgehead atoms. The van der Waals surface area contributed by atoms with Crippen molar-refractivity contribution < 1.29 is 0 Å². The normalized spacial score (nSPS) is 12.3. The Balaban J connectivity index is 2.81. The van der Waals surface area contributed by atoms with Crippen molar-refractivity contribution in [3.8, 4) is 0 Å². The Kier molecular flexibility index (Phi) is 2.99. The van der Waals surface area contributed by atoms with Gasteiger partial charge in [-0.05, 0) is 34.6 Å². The molecule has 2 rings (SSSR count). The van der Waals surface area contributed by atoms with Gasteiger partial charge in [-0.15, -0.1) is 11.3 Å². The molecule has 0 aliphatic heterocycles. The van der Waals surface area contributed by atoms with Crippen molar-refractivity contribution in [2.75, 3.05) is 0 Å². The van der Waals surface area contributed by atoms with Crippen LogP contribution in [0.15, 0.2) is 18.2 Å². The molecule has 86 valence electrons. The summed E-state index contributed by atoms with van der Waals surface area (Å²) in [6.07, 6.45) is 0. The molecule has 2 N–H and O–H groups in total. The van der Waals surface area contributed by atoms with Crippen molar-refractivity contribution in [3.63, 3.8) is 0 Å². The molecule has 1 aromatic heterocycles. The molecule has 0 aliphatic carbocycles. The number of fused-ring (bicyclic) bond motifs is 1. The van der Waals surface area contributed by atoms with Crippen LogP contribution in [0.2, 0.25) is 5.02 Å². The number of nitrogens with two attached hydrogens (primary N) is 1. The monoisotopic (exact) mass is 253 g/mol. The summed E-state index contributed by atoms with van der Waals surface area (Å²) in [6, 6.07) is 6.07. The lowest BCUT2D eigenvalue weighted by Gasteiger charge is -2.20. The molecular weight excluding hydrogens is 238 g/mol. The van der Waals surface area contributed by atoms with Gasteiger partial charge in [0.1, 0.15) is 0 Å². The van der Waals surface area contributed by atoms with Gasteiger partial charge in [-0.2, -0.15) is 0 Å². The molecule has 1 nitrogen and oxygen atoms in total. The first-order chi connectivity index (χ1) is 7.43. The molecule has 0 unspecified atom stereocenters. The van der Waals surface area contributed by atoms with Crippen LogP contribution in [-0.4, -0.2) is 0 Å². The predicted molar refractivity (Wildman–Crippen MR) is 73.4 cm³/mol. The van der Waals surface area contributed by atoms with E-state index in [1.165, 1.54) is 20.5 Å². The lowest BCUT2D eigenvalue weighted by Crippen LogP contribution is -2.14. The summed E-state index contributed by atoms with van der Waals surface area (Å²) >= 11 is 7.84. The number of halogens is 1. The maximum absolute atomic E-state index is 6.07. The molecule has 3 heteroatoms. The third-order valence-corrected chi connectivity index (χ3v) is 4.09. The standard InChI is InChI=1S/C13H16ClNS/c1-13(2,3)12-9-6-8(14)4-5-10(9)16-11(12)7-15/h4-6H,7,15H2,1-3H3. The van der Waals surface area contributed by atoms with E-state index in [4.69, 9.17) is 17.3 Å². The molecule has 0 atom stereocenters. The highest BCUT2D eigenvalue weighted by Crippen LogP contribution is 2.39. The summed E-state index contributed by atoms with van der Waals surface area (Å²) < 4.78 is 1.27. The Bertz CT molecular complexity index is 522. The zero-order chi connectivity index (χ0) is 11.9. The molecule has 0 spiro atoms. The third-order valence-electron chi connectivity index (χ3n) is 2.66. The number of hydrogen-bond donors (Lipinski definition) is 1. The molecule has 0 radical (unpaired) electrons. The van der Waals surface area contributed by atoms with Crippen LogP contribution in [0.3, 0.4) is 0 Å². The molecule has 1 aromatic carbocycles. The fourth-order valence-corrected chi connectivity index (χ4v) is 3.53. The van der Waals surface area contributed by atoms with E-state index >= 15 is 0 Å². The molecule has 0 fully saturated rings. The number of thiophene rings is 1. The van der Waals surface area contributed by atoms with E-state index in [-0.39, 0.29) is 5.41 Å². The van der Waals surface area contributed by atoms with Gasteiger partial charge in [0.2, 0.25) is 0 Å². The molecule has 0 amide bonds. The summed E-state index contributed by atoms with van der Waals surface area (Å²) in [5.41, 5.74) is 7.28. The minimum absolute atomic E-state index is 0.109. The fraction of sp³-hybridized carbons (Fsp3) is 0.385. The Labute approximate surface area is 105 Å². The molecular formula is C13H16ClNS. The summed E-state index contributed by atoms with van der Waals surface area (Å²) in [7, 11) is 0. The van der Waals surface area contributed by atoms with Gasteiger partial charge in [0, 0.05) is 21.1 Å². The van der Waals surface area contributed by atoms with Gasteiger partial charge in [-0.3, -0.25) is 0 Å². The summed E-state index contributed by atoms with van der Waals surface area (Å²) in [5, 5.41) is 2.05. The lowest BCUT2D eigenvalue weighted by molar-refractivity contribution is 0.591. The summed E-state index contributed by atoms with van der Waals surface area (Å²) in [5.74, 6) is 0. The van der Waals surface area contributed by atoms with E-state index in [1.54, 1.807) is 11.3 Å². The van der Waals surface area contributed by atoms with Crippen LogP contribution in [0.4, 0.5) is 0 Å². The van der Waals surface area contributed by atoms with Crippen LogP contribution in [0.1, 0.15) is 31.2 Å². The van der Waals surface area contributed by atoms with E-state index in [0.29, 0.717) is 6.54 Å². The second kappa shape index (κ2) is 4.02. The topological polar surface area (TPSA) is 26.0 Å². The van der Waals surface area contributed by atoms with Gasteiger partial charge in [0.05, 0.1) is 0 Å². The van der Waals surface area contributed by atoms with Crippen molar-refractivity contribution in [2.45, 2.75) is 32.7 Å². The second-order valence-electron chi connectivity index (χ2n) is 4.99. The van der Waals surface area contributed by atoms with Gasteiger partial charge in [-0.1, -0.05) is 32.4 Å². The predicted octanol–water partition coefficient (Wildman–Crippen LogP) is 4.31. The maximum Gasteiger partial charge on any atom is 0.0413 e. The molecule has 1 heterocycles. The average Bonchev–Trinajstić information content (AvgIpc) is 2.54. The van der Waals surface area contributed by atoms with Gasteiger partial charge in [-0.25, -0.2) is 0 Å². The van der Waals surface area contributed by atoms with Crippen molar-refractivity contribution in [1.29, 1.82) is 0 Å². The Morgan fingerprint density at radius 1 is 1.31 bits per heavy atom. The van der Waals surface area contributed by atoms with E-state index in [0.717, 1.165) is 5.02 Å². The van der Waals surface area contributed by atoms with Gasteiger partial charge < -0.3 is 5.73 Å². The SMILES string of the molecule is CC(C)(C)c1c(CN)sc2ccc(Cl)cc12. The summed E-state index contributed by atoms with van der Waals surface area (Å²) in [4.78, 5) is 1.27. The number of benzene rings is 1. The van der Waals surface area contributed by atoms with Crippen molar-refractivity contribution in [1.82, 2.24) is 0 Å². The van der Waals surface area contributed by atoms with E-state index in [1.807, 2.05) is 12.1 Å². The zero-order valence-electron chi connectivity index (χ0n) is 9.80. The van der Waals surface area contributed by atoms with Gasteiger partial charge >= 0.3 is 0 Å². The fourth-order valence-electron chi connectivity index (χ4n) is 2.09. The lowest BCUT2D eigenvalue weighted by atomic mass is 9.85. The number of rotatable bonds is 1. The van der Waals surface area contributed by atoms with Crippen LogP contribution >= 0.6 is 22.9 Å². The highest BCUT2D eigenvalue weighted by atomic mass is 35.5. The molecule has 0 saturated heterocycles. The van der Waals surface area contributed by atoms with Crippen LogP contribution in [-0.2, 0) is 12.0 Å². The number of hydrogen-bond acceptors (Lipinski definition) is 2. The third kappa shape index (κ3) is 1.97. The largest absolute Gasteiger partial charge is 0.326 e. The smallest absolute Gasteiger partial charge is 0.0413 e. The van der Waals surface area contributed by atoms with Gasteiger partial charge in [0.25, 0.3) is 0 Å². The van der Waals surface area contributed by atoms with Crippen molar-refractivity contribution in [2.24, 2.45) is 5.73 Å². The Morgan fingerprint density at radius 3 is 2.56 bits per heavy atom. The van der Waals surface area contributed by atoms with Gasteiger partial charge in [0.15, 0.2) is 0 Å². The Morgan fingerprint density at radius 2 is 2.00 bits per heavy atom. The van der Waals surface area contributed by atoms with Crippen LogP contribution < -0.4 is 5.73 Å². The maximum atomic E-state index is 6.07. The van der Waals surface area contributed by atoms with Crippen molar-refractivity contribution >= 4 is 33.0 Å². The van der Waals surface area contributed by atoms with Crippen LogP contribution in [0, 0.1) is 0 Å². The summed E-state index contributed by atoms with van der Waals surface area (Å²) in [6.45, 7) is 7.25. The molecule has 16 heavy (non-hydrogen) atoms. The first-order valence-electron chi connectivity index (χ1n) is 5.35. The zero-order valence-corrected chi connectivity index (χ0v) is 11.4. The first-order valence-corrected chi connectivity index (χ1v) is 6.54. The second-order valence-corrected chi connectivity index (χ2v) is 6.57. The minimum atomic E-state index is 0.109. The highest BCUT2D eigenvalue weighted by molar-refractivity contribution is 7.19.